The van der Waals surface area contributed by atoms with Crippen LogP contribution in [0.1, 0.15) is 46.0 Å². The molecule has 0 atom stereocenters. The largest absolute Gasteiger partial charge is 0.341 e. The zero-order valence-corrected chi connectivity index (χ0v) is 9.38. The van der Waals surface area contributed by atoms with E-state index in [1.54, 1.807) is 0 Å². The summed E-state index contributed by atoms with van der Waals surface area (Å²) in [6.07, 6.45) is 4.95. The number of hydrogen-bond donors (Lipinski definition) is 1. The molecule has 1 aliphatic rings. The second kappa shape index (κ2) is 4.78. The number of nitrogens with two attached hydrogens (primary N) is 1. The van der Waals surface area contributed by atoms with Crippen molar-refractivity contribution in [2.24, 2.45) is 5.73 Å². The van der Waals surface area contributed by atoms with Gasteiger partial charge >= 0.3 is 0 Å². The van der Waals surface area contributed by atoms with Gasteiger partial charge < -0.3 is 10.6 Å². The van der Waals surface area contributed by atoms with Gasteiger partial charge in [-0.15, -0.1) is 0 Å². The van der Waals surface area contributed by atoms with Gasteiger partial charge in [0.2, 0.25) is 5.91 Å². The Hall–Kier alpha value is -0.570. The van der Waals surface area contributed by atoms with Crippen LogP contribution in [0.15, 0.2) is 0 Å². The predicted molar refractivity (Wildman–Crippen MR) is 57.9 cm³/mol. The van der Waals surface area contributed by atoms with Crippen molar-refractivity contribution in [2.75, 3.05) is 13.1 Å². The molecule has 3 heteroatoms. The summed E-state index contributed by atoms with van der Waals surface area (Å²) in [5.41, 5.74) is 5.58. The van der Waals surface area contributed by atoms with Crippen molar-refractivity contribution in [3.63, 3.8) is 0 Å². The zero-order chi connectivity index (χ0) is 10.6. The van der Waals surface area contributed by atoms with Crippen LogP contribution in [0.2, 0.25) is 0 Å². The maximum absolute atomic E-state index is 12.1. The minimum atomic E-state index is -0.537. The van der Waals surface area contributed by atoms with Gasteiger partial charge in [-0.1, -0.05) is 19.8 Å². The molecule has 2 N–H and O–H groups in total. The van der Waals surface area contributed by atoms with Crippen molar-refractivity contribution in [1.82, 2.24) is 4.90 Å². The minimum absolute atomic E-state index is 0.166. The molecule has 82 valence electrons. The maximum Gasteiger partial charge on any atom is 0.242 e. The second-order valence-electron chi connectivity index (χ2n) is 4.25. The van der Waals surface area contributed by atoms with Crippen LogP contribution in [0.3, 0.4) is 0 Å². The van der Waals surface area contributed by atoms with Gasteiger partial charge in [-0.25, -0.2) is 0 Å². The van der Waals surface area contributed by atoms with Crippen molar-refractivity contribution in [3.8, 4) is 0 Å². The maximum atomic E-state index is 12.1. The van der Waals surface area contributed by atoms with E-state index in [-0.39, 0.29) is 5.91 Å². The van der Waals surface area contributed by atoms with Gasteiger partial charge in [0.05, 0.1) is 5.54 Å². The molecule has 14 heavy (non-hydrogen) atoms. The van der Waals surface area contributed by atoms with Gasteiger partial charge in [-0.3, -0.25) is 4.79 Å². The van der Waals surface area contributed by atoms with Gasteiger partial charge in [0.15, 0.2) is 0 Å². The van der Waals surface area contributed by atoms with Crippen molar-refractivity contribution in [2.45, 2.75) is 51.5 Å². The third-order valence-corrected chi connectivity index (χ3v) is 3.08. The van der Waals surface area contributed by atoms with Crippen LogP contribution in [0.5, 0.6) is 0 Å². The van der Waals surface area contributed by atoms with E-state index in [0.29, 0.717) is 0 Å². The number of carbonyl (C=O) groups excluding carboxylic acids is 1. The van der Waals surface area contributed by atoms with Crippen molar-refractivity contribution >= 4 is 5.91 Å². The van der Waals surface area contributed by atoms with Crippen molar-refractivity contribution < 1.29 is 4.79 Å². The van der Waals surface area contributed by atoms with E-state index in [0.717, 1.165) is 45.2 Å². The third-order valence-electron chi connectivity index (χ3n) is 3.08. The second-order valence-corrected chi connectivity index (χ2v) is 4.25. The summed E-state index contributed by atoms with van der Waals surface area (Å²) in [6.45, 7) is 5.74. The summed E-state index contributed by atoms with van der Waals surface area (Å²) in [6, 6.07) is 0. The molecule has 3 nitrogen and oxygen atoms in total. The molecule has 1 saturated carbocycles. The van der Waals surface area contributed by atoms with Crippen LogP contribution in [-0.2, 0) is 4.79 Å². The molecule has 1 fully saturated rings. The van der Waals surface area contributed by atoms with Crippen LogP contribution in [0.25, 0.3) is 0 Å². The van der Waals surface area contributed by atoms with Gasteiger partial charge in [-0.05, 0) is 26.2 Å². The van der Waals surface area contributed by atoms with Gasteiger partial charge in [-0.2, -0.15) is 0 Å². The topological polar surface area (TPSA) is 46.3 Å². The summed E-state index contributed by atoms with van der Waals surface area (Å²) in [4.78, 5) is 14.0. The van der Waals surface area contributed by atoms with Crippen LogP contribution in [-0.4, -0.2) is 29.4 Å². The van der Waals surface area contributed by atoms with E-state index < -0.39 is 5.54 Å². The molecule has 0 heterocycles. The summed E-state index contributed by atoms with van der Waals surface area (Å²) >= 11 is 0. The molecule has 1 rings (SSSR count). The number of likely N-dealkylation sites (N-methyl/N-ethyl adjacent to an activating group) is 1. The molecule has 0 aromatic rings. The molecule has 0 aromatic carbocycles. The molecule has 0 aliphatic heterocycles. The molecular formula is C11H22N2O. The van der Waals surface area contributed by atoms with Crippen molar-refractivity contribution in [1.29, 1.82) is 0 Å². The van der Waals surface area contributed by atoms with Crippen LogP contribution in [0.4, 0.5) is 0 Å². The first-order valence-corrected chi connectivity index (χ1v) is 5.72. The van der Waals surface area contributed by atoms with Crippen LogP contribution in [0, 0.1) is 0 Å². The van der Waals surface area contributed by atoms with Gasteiger partial charge in [0.1, 0.15) is 0 Å². The summed E-state index contributed by atoms with van der Waals surface area (Å²) in [7, 11) is 0. The van der Waals surface area contributed by atoms with E-state index in [2.05, 4.69) is 6.92 Å². The van der Waals surface area contributed by atoms with Gasteiger partial charge in [0, 0.05) is 13.1 Å². The van der Waals surface area contributed by atoms with E-state index in [1.165, 1.54) is 0 Å². The Kier molecular flexibility index (Phi) is 3.93. The zero-order valence-electron chi connectivity index (χ0n) is 9.38. The molecule has 0 radical (unpaired) electrons. The highest BCUT2D eigenvalue weighted by atomic mass is 16.2. The Labute approximate surface area is 86.6 Å². The highest BCUT2D eigenvalue weighted by molar-refractivity contribution is 5.86. The summed E-state index contributed by atoms with van der Waals surface area (Å²) in [5.74, 6) is 0.166. The quantitative estimate of drug-likeness (QED) is 0.744. The fraction of sp³-hybridized carbons (Fsp3) is 0.909. The number of nitrogens with zero attached hydrogens (tertiary/aromatic N) is 1. The molecule has 0 aromatic heterocycles. The molecule has 0 saturated heterocycles. The van der Waals surface area contributed by atoms with E-state index >= 15 is 0 Å². The average molecular weight is 198 g/mol. The molecule has 1 aliphatic carbocycles. The SMILES string of the molecule is CCCN(CC)C(=O)C1(N)CCCC1. The average Bonchev–Trinajstić information content (AvgIpc) is 2.62. The standard InChI is InChI=1S/C11H22N2O/c1-3-9-13(4-2)10(14)11(12)7-5-6-8-11/h3-9,12H2,1-2H3. The first kappa shape index (κ1) is 11.5. The lowest BCUT2D eigenvalue weighted by atomic mass is 9.97. The highest BCUT2D eigenvalue weighted by Crippen LogP contribution is 2.28. The number of hydrogen-bond acceptors (Lipinski definition) is 2. The molecule has 0 spiro atoms. The Morgan fingerprint density at radius 2 is 1.93 bits per heavy atom. The Balaban J connectivity index is 2.61. The molecule has 0 unspecified atom stereocenters. The van der Waals surface area contributed by atoms with Crippen molar-refractivity contribution in [3.05, 3.63) is 0 Å². The summed E-state index contributed by atoms with van der Waals surface area (Å²) in [5, 5.41) is 0. The molecule has 0 bridgehead atoms. The predicted octanol–water partition coefficient (Wildman–Crippen LogP) is 1.52. The number of amides is 1. The van der Waals surface area contributed by atoms with Gasteiger partial charge in [0.25, 0.3) is 0 Å². The normalized spacial score (nSPS) is 19.6. The Morgan fingerprint density at radius 3 is 2.36 bits per heavy atom. The highest BCUT2D eigenvalue weighted by Gasteiger charge is 2.39. The molecule has 1 amide bonds. The Bertz CT molecular complexity index is 197. The number of carbonyl (C=O) groups is 1. The fourth-order valence-corrected chi connectivity index (χ4v) is 2.21. The monoisotopic (exact) mass is 198 g/mol. The van der Waals surface area contributed by atoms with E-state index in [4.69, 9.17) is 5.73 Å². The Morgan fingerprint density at radius 1 is 1.36 bits per heavy atom. The van der Waals surface area contributed by atoms with E-state index in [1.807, 2.05) is 11.8 Å². The van der Waals surface area contributed by atoms with E-state index in [9.17, 15) is 4.79 Å². The minimum Gasteiger partial charge on any atom is -0.341 e. The van der Waals surface area contributed by atoms with Crippen LogP contribution >= 0.6 is 0 Å². The lowest BCUT2D eigenvalue weighted by Crippen LogP contribution is -2.53. The lowest BCUT2D eigenvalue weighted by molar-refractivity contribution is -0.136. The lowest BCUT2D eigenvalue weighted by Gasteiger charge is -2.30. The first-order chi connectivity index (χ1) is 6.64. The fourth-order valence-electron chi connectivity index (χ4n) is 2.21. The smallest absolute Gasteiger partial charge is 0.242 e. The number of rotatable bonds is 4. The van der Waals surface area contributed by atoms with Crippen LogP contribution < -0.4 is 5.73 Å². The molecular weight excluding hydrogens is 176 g/mol. The first-order valence-electron chi connectivity index (χ1n) is 5.72. The summed E-state index contributed by atoms with van der Waals surface area (Å²) < 4.78 is 0. The third kappa shape index (κ3) is 2.27.